The highest BCUT2D eigenvalue weighted by molar-refractivity contribution is 8.23. The van der Waals surface area contributed by atoms with Crippen LogP contribution in [-0.2, 0) is 11.2 Å². The van der Waals surface area contributed by atoms with Crippen LogP contribution >= 0.6 is 35.3 Å². The molecule has 8 heteroatoms. The SMILES string of the molecule is CCc1nnc(NC(=O)CSC(=S)N2CCCC2)s1. The number of thioether (sulfide) groups is 1. The summed E-state index contributed by atoms with van der Waals surface area (Å²) in [5.74, 6) is 0.251. The van der Waals surface area contributed by atoms with Crippen LogP contribution in [0.4, 0.5) is 5.13 Å². The minimum absolute atomic E-state index is 0.0784. The molecule has 1 saturated heterocycles. The molecule has 1 N–H and O–H groups in total. The third-order valence-corrected chi connectivity index (χ3v) is 5.21. The number of nitrogens with zero attached hydrogens (tertiary/aromatic N) is 3. The van der Waals surface area contributed by atoms with Gasteiger partial charge >= 0.3 is 0 Å². The first-order chi connectivity index (χ1) is 9.19. The first-order valence-corrected chi connectivity index (χ1v) is 8.44. The van der Waals surface area contributed by atoms with E-state index in [0.717, 1.165) is 28.8 Å². The van der Waals surface area contributed by atoms with Crippen molar-refractivity contribution in [3.05, 3.63) is 5.01 Å². The van der Waals surface area contributed by atoms with E-state index in [1.807, 2.05) is 6.92 Å². The summed E-state index contributed by atoms with van der Waals surface area (Å²) < 4.78 is 0.819. The molecule has 0 radical (unpaired) electrons. The van der Waals surface area contributed by atoms with E-state index in [1.54, 1.807) is 0 Å². The van der Waals surface area contributed by atoms with Crippen LogP contribution in [0.25, 0.3) is 0 Å². The molecule has 1 aliphatic rings. The number of hydrogen-bond acceptors (Lipinski definition) is 6. The number of hydrogen-bond donors (Lipinski definition) is 1. The average molecular weight is 316 g/mol. The van der Waals surface area contributed by atoms with Crippen LogP contribution in [0.2, 0.25) is 0 Å². The Morgan fingerprint density at radius 1 is 1.47 bits per heavy atom. The molecule has 0 aromatic carbocycles. The molecule has 0 atom stereocenters. The lowest BCUT2D eigenvalue weighted by Crippen LogP contribution is -2.25. The van der Waals surface area contributed by atoms with Crippen LogP contribution in [0.5, 0.6) is 0 Å². The number of carbonyl (C=O) groups excluding carboxylic acids is 1. The number of likely N-dealkylation sites (tertiary alicyclic amines) is 1. The Balaban J connectivity index is 1.73. The normalized spacial score (nSPS) is 14.7. The summed E-state index contributed by atoms with van der Waals surface area (Å²) in [6.45, 7) is 4.05. The summed E-state index contributed by atoms with van der Waals surface area (Å²) in [5.41, 5.74) is 0. The smallest absolute Gasteiger partial charge is 0.236 e. The van der Waals surface area contributed by atoms with E-state index < -0.39 is 0 Å². The summed E-state index contributed by atoms with van der Waals surface area (Å²) in [6, 6.07) is 0. The average Bonchev–Trinajstić information content (AvgIpc) is 3.06. The van der Waals surface area contributed by atoms with E-state index in [2.05, 4.69) is 20.4 Å². The fraction of sp³-hybridized carbons (Fsp3) is 0.636. The predicted octanol–water partition coefficient (Wildman–Crippen LogP) is 2.15. The number of carbonyl (C=O) groups is 1. The quantitative estimate of drug-likeness (QED) is 0.859. The van der Waals surface area contributed by atoms with Crippen LogP contribution in [0.15, 0.2) is 0 Å². The molecule has 5 nitrogen and oxygen atoms in total. The summed E-state index contributed by atoms with van der Waals surface area (Å²) in [5, 5.41) is 12.1. The minimum atomic E-state index is -0.0784. The van der Waals surface area contributed by atoms with Gasteiger partial charge in [-0.05, 0) is 19.3 Å². The highest BCUT2D eigenvalue weighted by Gasteiger charge is 2.16. The largest absolute Gasteiger partial charge is 0.358 e. The third kappa shape index (κ3) is 4.39. The summed E-state index contributed by atoms with van der Waals surface area (Å²) in [7, 11) is 0. The zero-order valence-electron chi connectivity index (χ0n) is 10.7. The molecule has 0 aliphatic carbocycles. The Kier molecular flexibility index (Phi) is 5.53. The Morgan fingerprint density at radius 3 is 2.84 bits per heavy atom. The number of aryl methyl sites for hydroxylation is 1. The second-order valence-corrected chi connectivity index (χ2v) is 6.82. The van der Waals surface area contributed by atoms with E-state index >= 15 is 0 Å². The van der Waals surface area contributed by atoms with Gasteiger partial charge in [-0.1, -0.05) is 42.2 Å². The molecule has 2 heterocycles. The lowest BCUT2D eigenvalue weighted by molar-refractivity contribution is -0.113. The lowest BCUT2D eigenvalue weighted by Gasteiger charge is -2.16. The Bertz CT molecular complexity index is 457. The van der Waals surface area contributed by atoms with Gasteiger partial charge in [-0.3, -0.25) is 10.1 Å². The third-order valence-electron chi connectivity index (χ3n) is 2.71. The maximum atomic E-state index is 11.8. The van der Waals surface area contributed by atoms with Crippen molar-refractivity contribution < 1.29 is 4.79 Å². The van der Waals surface area contributed by atoms with Gasteiger partial charge in [0, 0.05) is 13.1 Å². The summed E-state index contributed by atoms with van der Waals surface area (Å²) >= 11 is 8.13. The van der Waals surface area contributed by atoms with E-state index in [1.165, 1.54) is 35.9 Å². The van der Waals surface area contributed by atoms with Crippen LogP contribution < -0.4 is 5.32 Å². The van der Waals surface area contributed by atoms with Gasteiger partial charge in [0.2, 0.25) is 11.0 Å². The van der Waals surface area contributed by atoms with Crippen molar-refractivity contribution in [3.63, 3.8) is 0 Å². The Labute approximate surface area is 126 Å². The molecule has 0 saturated carbocycles. The lowest BCUT2D eigenvalue weighted by atomic mass is 10.4. The molecule has 1 aromatic rings. The van der Waals surface area contributed by atoms with Crippen molar-refractivity contribution in [1.29, 1.82) is 0 Å². The van der Waals surface area contributed by atoms with Crippen molar-refractivity contribution in [2.75, 3.05) is 24.2 Å². The molecule has 0 bridgehead atoms. The van der Waals surface area contributed by atoms with Crippen LogP contribution in [0.3, 0.4) is 0 Å². The number of nitrogens with one attached hydrogen (secondary N) is 1. The summed E-state index contributed by atoms with van der Waals surface area (Å²) in [4.78, 5) is 13.9. The topological polar surface area (TPSA) is 58.1 Å². The van der Waals surface area contributed by atoms with Crippen LogP contribution in [-0.4, -0.2) is 44.2 Å². The van der Waals surface area contributed by atoms with Crippen LogP contribution in [0.1, 0.15) is 24.8 Å². The van der Waals surface area contributed by atoms with Gasteiger partial charge in [-0.25, -0.2) is 0 Å². The predicted molar refractivity (Wildman–Crippen MR) is 83.8 cm³/mol. The van der Waals surface area contributed by atoms with E-state index in [-0.39, 0.29) is 5.91 Å². The van der Waals surface area contributed by atoms with Crippen molar-refractivity contribution in [3.8, 4) is 0 Å². The Morgan fingerprint density at radius 2 is 2.21 bits per heavy atom. The first kappa shape index (κ1) is 14.7. The molecule has 1 fully saturated rings. The Hall–Kier alpha value is -0.730. The van der Waals surface area contributed by atoms with Gasteiger partial charge in [-0.15, -0.1) is 10.2 Å². The molecule has 1 aliphatic heterocycles. The van der Waals surface area contributed by atoms with Gasteiger partial charge in [0.25, 0.3) is 0 Å². The summed E-state index contributed by atoms with van der Waals surface area (Å²) in [6.07, 6.45) is 3.22. The molecule has 2 rings (SSSR count). The number of rotatable bonds is 4. The number of aromatic nitrogens is 2. The molecular weight excluding hydrogens is 300 g/mol. The van der Waals surface area contributed by atoms with Gasteiger partial charge in [-0.2, -0.15) is 0 Å². The standard InChI is InChI=1S/C11H16N4OS3/c1-2-9-13-14-10(19-9)12-8(16)7-18-11(17)15-5-3-4-6-15/h2-7H2,1H3,(H,12,14,16). The molecule has 1 aromatic heterocycles. The minimum Gasteiger partial charge on any atom is -0.358 e. The molecule has 0 unspecified atom stereocenters. The maximum Gasteiger partial charge on any atom is 0.236 e. The van der Waals surface area contributed by atoms with Crippen molar-refractivity contribution in [2.45, 2.75) is 26.2 Å². The number of anilines is 1. The van der Waals surface area contributed by atoms with Crippen molar-refractivity contribution >= 4 is 50.7 Å². The van der Waals surface area contributed by atoms with E-state index in [4.69, 9.17) is 12.2 Å². The highest BCUT2D eigenvalue weighted by Crippen LogP contribution is 2.18. The van der Waals surface area contributed by atoms with E-state index in [9.17, 15) is 4.79 Å². The zero-order chi connectivity index (χ0) is 13.7. The first-order valence-electron chi connectivity index (χ1n) is 6.23. The zero-order valence-corrected chi connectivity index (χ0v) is 13.2. The fourth-order valence-corrected chi connectivity index (χ4v) is 3.47. The molecule has 104 valence electrons. The molecule has 1 amide bonds. The number of amides is 1. The molecular formula is C11H16N4OS3. The van der Waals surface area contributed by atoms with Crippen molar-refractivity contribution in [2.24, 2.45) is 0 Å². The maximum absolute atomic E-state index is 11.8. The number of thiocarbonyl (C=S) groups is 1. The van der Waals surface area contributed by atoms with E-state index in [0.29, 0.717) is 10.9 Å². The second kappa shape index (κ2) is 7.16. The fourth-order valence-electron chi connectivity index (χ4n) is 1.72. The molecule has 19 heavy (non-hydrogen) atoms. The molecule has 0 spiro atoms. The van der Waals surface area contributed by atoms with Crippen LogP contribution in [0, 0.1) is 0 Å². The van der Waals surface area contributed by atoms with Crippen molar-refractivity contribution in [1.82, 2.24) is 15.1 Å². The monoisotopic (exact) mass is 316 g/mol. The van der Waals surface area contributed by atoms with Gasteiger partial charge in [0.05, 0.1) is 5.75 Å². The van der Waals surface area contributed by atoms with Gasteiger partial charge < -0.3 is 4.90 Å². The van der Waals surface area contributed by atoms with Gasteiger partial charge in [0.15, 0.2) is 0 Å². The highest BCUT2D eigenvalue weighted by atomic mass is 32.2. The second-order valence-electron chi connectivity index (χ2n) is 4.15. The van der Waals surface area contributed by atoms with Gasteiger partial charge in [0.1, 0.15) is 9.33 Å².